The number of hydrogen-bond acceptors (Lipinski definition) is 3. The van der Waals surface area contributed by atoms with Gasteiger partial charge in [-0.2, -0.15) is 0 Å². The third kappa shape index (κ3) is 5.51. The van der Waals surface area contributed by atoms with E-state index in [-0.39, 0.29) is 0 Å². The van der Waals surface area contributed by atoms with Crippen LogP contribution in [0.25, 0.3) is 6.08 Å². The molecule has 0 aliphatic rings. The van der Waals surface area contributed by atoms with Crippen LogP contribution >= 0.6 is 27.5 Å². The number of anilines is 1. The third-order valence-electron chi connectivity index (χ3n) is 3.08. The lowest BCUT2D eigenvalue weighted by Crippen LogP contribution is -2.29. The molecule has 0 saturated heterocycles. The Kier molecular flexibility index (Phi) is 6.58. The Hall–Kier alpha value is -2.11. The van der Waals surface area contributed by atoms with E-state index in [0.717, 1.165) is 10.0 Å². The molecule has 2 aromatic rings. The first-order chi connectivity index (χ1) is 11.5. The lowest BCUT2D eigenvalue weighted by Gasteiger charge is -2.13. The number of ether oxygens (including phenoxy) is 1. The van der Waals surface area contributed by atoms with Gasteiger partial charge in [-0.3, -0.25) is 4.79 Å². The number of para-hydroxylation sites is 1. The van der Waals surface area contributed by atoms with Crippen LogP contribution in [0.5, 0.6) is 0 Å². The summed E-state index contributed by atoms with van der Waals surface area (Å²) in [5.74, 6) is -1.05. The van der Waals surface area contributed by atoms with Gasteiger partial charge >= 0.3 is 5.97 Å². The predicted molar refractivity (Wildman–Crippen MR) is 98.8 cm³/mol. The van der Waals surface area contributed by atoms with Crippen LogP contribution in [0.2, 0.25) is 5.02 Å². The summed E-state index contributed by atoms with van der Waals surface area (Å²) in [4.78, 5) is 23.8. The number of halogens is 2. The highest BCUT2D eigenvalue weighted by Crippen LogP contribution is 2.20. The molecule has 24 heavy (non-hydrogen) atoms. The van der Waals surface area contributed by atoms with Gasteiger partial charge in [-0.05, 0) is 42.8 Å². The molecule has 4 nitrogen and oxygen atoms in total. The maximum Gasteiger partial charge on any atom is 0.331 e. The van der Waals surface area contributed by atoms with Gasteiger partial charge in [-0.15, -0.1) is 0 Å². The minimum atomic E-state index is -0.941. The second-order valence-corrected chi connectivity index (χ2v) is 6.26. The van der Waals surface area contributed by atoms with Gasteiger partial charge in [0.15, 0.2) is 6.10 Å². The molecule has 0 bridgehead atoms. The van der Waals surface area contributed by atoms with Gasteiger partial charge in [0.25, 0.3) is 5.91 Å². The van der Waals surface area contributed by atoms with E-state index in [1.54, 1.807) is 30.3 Å². The topological polar surface area (TPSA) is 55.4 Å². The van der Waals surface area contributed by atoms with Crippen molar-refractivity contribution >= 4 is 51.2 Å². The van der Waals surface area contributed by atoms with E-state index < -0.39 is 18.0 Å². The lowest BCUT2D eigenvalue weighted by atomic mass is 10.2. The average molecular weight is 409 g/mol. The zero-order valence-corrected chi connectivity index (χ0v) is 15.2. The molecule has 6 heteroatoms. The van der Waals surface area contributed by atoms with Gasteiger partial charge in [0.2, 0.25) is 0 Å². The van der Waals surface area contributed by atoms with Crippen LogP contribution in [-0.2, 0) is 14.3 Å². The van der Waals surface area contributed by atoms with Crippen molar-refractivity contribution in [1.29, 1.82) is 0 Å². The number of rotatable bonds is 5. The number of esters is 1. The maximum atomic E-state index is 12.0. The molecular weight excluding hydrogens is 394 g/mol. The van der Waals surface area contributed by atoms with Gasteiger partial charge in [-0.1, -0.05) is 51.8 Å². The molecule has 1 amide bonds. The highest BCUT2D eigenvalue weighted by Gasteiger charge is 2.17. The van der Waals surface area contributed by atoms with E-state index in [1.807, 2.05) is 24.3 Å². The molecule has 1 N–H and O–H groups in total. The Morgan fingerprint density at radius 1 is 1.17 bits per heavy atom. The third-order valence-corrected chi connectivity index (χ3v) is 3.93. The fraction of sp³-hybridized carbons (Fsp3) is 0.111. The van der Waals surface area contributed by atoms with Crippen molar-refractivity contribution < 1.29 is 14.3 Å². The summed E-state index contributed by atoms with van der Waals surface area (Å²) in [5, 5.41) is 3.03. The summed E-state index contributed by atoms with van der Waals surface area (Å²) in [5.41, 5.74) is 1.32. The van der Waals surface area contributed by atoms with Crippen molar-refractivity contribution in [2.24, 2.45) is 0 Å². The van der Waals surface area contributed by atoms with E-state index in [4.69, 9.17) is 16.3 Å². The number of hydrogen-bond donors (Lipinski definition) is 1. The van der Waals surface area contributed by atoms with Gasteiger partial charge in [0.05, 0.1) is 10.7 Å². The van der Waals surface area contributed by atoms with E-state index in [0.29, 0.717) is 10.7 Å². The van der Waals surface area contributed by atoms with Gasteiger partial charge < -0.3 is 10.1 Å². The van der Waals surface area contributed by atoms with Crippen molar-refractivity contribution in [3.05, 3.63) is 69.7 Å². The molecule has 0 aliphatic heterocycles. The molecule has 2 aromatic carbocycles. The zero-order chi connectivity index (χ0) is 17.5. The molecule has 0 aliphatic carbocycles. The average Bonchev–Trinajstić information content (AvgIpc) is 2.56. The van der Waals surface area contributed by atoms with E-state index in [2.05, 4.69) is 21.2 Å². The fourth-order valence-corrected chi connectivity index (χ4v) is 2.25. The normalized spacial score (nSPS) is 12.0. The number of amides is 1. The van der Waals surface area contributed by atoms with Gasteiger partial charge in [0.1, 0.15) is 0 Å². The first-order valence-electron chi connectivity index (χ1n) is 7.15. The van der Waals surface area contributed by atoms with Crippen LogP contribution in [0.1, 0.15) is 12.5 Å². The fourth-order valence-electron chi connectivity index (χ4n) is 1.80. The predicted octanol–water partition coefficient (Wildman–Crippen LogP) is 4.69. The highest BCUT2D eigenvalue weighted by molar-refractivity contribution is 9.10. The number of carbonyl (C=O) groups excluding carboxylic acids is 2. The SMILES string of the molecule is C[C@H](OC(=O)/C=C/c1ccc(Br)cc1)C(=O)Nc1ccccc1Cl. The van der Waals surface area contributed by atoms with Crippen molar-refractivity contribution in [2.45, 2.75) is 13.0 Å². The summed E-state index contributed by atoms with van der Waals surface area (Å²) in [6, 6.07) is 14.3. The Morgan fingerprint density at radius 2 is 1.83 bits per heavy atom. The second kappa shape index (κ2) is 8.66. The summed E-state index contributed by atoms with van der Waals surface area (Å²) in [7, 11) is 0. The monoisotopic (exact) mass is 407 g/mol. The Morgan fingerprint density at radius 3 is 2.50 bits per heavy atom. The number of carbonyl (C=O) groups is 2. The van der Waals surface area contributed by atoms with Crippen molar-refractivity contribution in [3.8, 4) is 0 Å². The minimum Gasteiger partial charge on any atom is -0.449 e. The molecule has 0 saturated carbocycles. The summed E-state index contributed by atoms with van der Waals surface area (Å²) < 4.78 is 6.03. The molecule has 0 aromatic heterocycles. The van der Waals surface area contributed by atoms with Crippen LogP contribution in [0.4, 0.5) is 5.69 Å². The molecule has 0 unspecified atom stereocenters. The first-order valence-corrected chi connectivity index (χ1v) is 8.32. The summed E-state index contributed by atoms with van der Waals surface area (Å²) in [6.45, 7) is 1.50. The molecule has 0 radical (unpaired) electrons. The molecule has 124 valence electrons. The molecule has 0 heterocycles. The first kappa shape index (κ1) is 18.2. The molecular formula is C18H15BrClNO3. The van der Waals surface area contributed by atoms with Crippen LogP contribution < -0.4 is 5.32 Å². The van der Waals surface area contributed by atoms with E-state index in [9.17, 15) is 9.59 Å². The summed E-state index contributed by atoms with van der Waals surface area (Å²) in [6.07, 6.45) is 1.96. The van der Waals surface area contributed by atoms with Crippen molar-refractivity contribution in [2.75, 3.05) is 5.32 Å². The molecule has 2 rings (SSSR count). The van der Waals surface area contributed by atoms with Crippen LogP contribution in [0.15, 0.2) is 59.1 Å². The zero-order valence-electron chi connectivity index (χ0n) is 12.8. The summed E-state index contributed by atoms with van der Waals surface area (Å²) >= 11 is 9.31. The van der Waals surface area contributed by atoms with Crippen molar-refractivity contribution in [1.82, 2.24) is 0 Å². The highest BCUT2D eigenvalue weighted by atomic mass is 79.9. The van der Waals surface area contributed by atoms with E-state index in [1.165, 1.54) is 13.0 Å². The molecule has 0 spiro atoms. The Labute approximate surface area is 153 Å². The Bertz CT molecular complexity index is 759. The maximum absolute atomic E-state index is 12.0. The standard InChI is InChI=1S/C18H15BrClNO3/c1-12(18(23)21-16-5-3-2-4-15(16)20)24-17(22)11-8-13-6-9-14(19)10-7-13/h2-12H,1H3,(H,21,23)/b11-8+/t12-/m0/s1. The second-order valence-electron chi connectivity index (χ2n) is 4.93. The van der Waals surface area contributed by atoms with Crippen molar-refractivity contribution in [3.63, 3.8) is 0 Å². The van der Waals surface area contributed by atoms with Crippen LogP contribution in [0, 0.1) is 0 Å². The Balaban J connectivity index is 1.90. The largest absolute Gasteiger partial charge is 0.449 e. The minimum absolute atomic E-state index is 0.416. The quantitative estimate of drug-likeness (QED) is 0.577. The van der Waals surface area contributed by atoms with E-state index >= 15 is 0 Å². The molecule has 0 fully saturated rings. The smallest absolute Gasteiger partial charge is 0.331 e. The van der Waals surface area contributed by atoms with Crippen LogP contribution in [0.3, 0.4) is 0 Å². The molecule has 1 atom stereocenters. The van der Waals surface area contributed by atoms with Crippen LogP contribution in [-0.4, -0.2) is 18.0 Å². The lowest BCUT2D eigenvalue weighted by molar-refractivity contribution is -0.148. The number of nitrogens with one attached hydrogen (secondary N) is 1. The number of benzene rings is 2. The van der Waals surface area contributed by atoms with Gasteiger partial charge in [0, 0.05) is 10.5 Å². The van der Waals surface area contributed by atoms with Gasteiger partial charge in [-0.25, -0.2) is 4.79 Å².